The predicted molar refractivity (Wildman–Crippen MR) is 64.5 cm³/mol. The molecule has 0 fully saturated rings. The number of aromatic nitrogens is 1. The second kappa shape index (κ2) is 5.97. The number of nitrogens with one attached hydrogen (secondary N) is 1. The van der Waals surface area contributed by atoms with Crippen molar-refractivity contribution in [2.75, 3.05) is 25.5 Å². The molecule has 0 saturated heterocycles. The molecule has 1 aromatic heterocycles. The van der Waals surface area contributed by atoms with Gasteiger partial charge in [0.05, 0.1) is 12.1 Å². The van der Waals surface area contributed by atoms with Crippen molar-refractivity contribution < 1.29 is 19.8 Å². The number of hydrogen-bond donors (Lipinski definition) is 3. The van der Waals surface area contributed by atoms with E-state index in [1.807, 2.05) is 14.1 Å². The minimum atomic E-state index is -1.61. The molecule has 7 nitrogen and oxygen atoms in total. The maximum atomic E-state index is 11.6. The molecule has 0 aromatic carbocycles. The Hall–Kier alpha value is -2.15. The first kappa shape index (κ1) is 13.9. The highest BCUT2D eigenvalue weighted by atomic mass is 16.4. The summed E-state index contributed by atoms with van der Waals surface area (Å²) in [6, 6.07) is 3.24. The molecule has 1 atom stereocenters. The highest BCUT2D eigenvalue weighted by Crippen LogP contribution is 2.07. The normalized spacial score (nSPS) is 11.7. The Kier molecular flexibility index (Phi) is 4.61. The van der Waals surface area contributed by atoms with Crippen LogP contribution in [0.5, 0.6) is 0 Å². The zero-order valence-corrected chi connectivity index (χ0v) is 10.1. The van der Waals surface area contributed by atoms with Crippen LogP contribution in [-0.4, -0.2) is 53.8 Å². The summed E-state index contributed by atoms with van der Waals surface area (Å²) >= 11 is 0. The SMILES string of the molecule is CN(C)c1ccc(C(=O)NCC(O)C(=O)O)cn1. The molecule has 7 heteroatoms. The summed E-state index contributed by atoms with van der Waals surface area (Å²) in [4.78, 5) is 27.8. The van der Waals surface area contributed by atoms with Crippen LogP contribution >= 0.6 is 0 Å². The first-order valence-electron chi connectivity index (χ1n) is 5.24. The number of nitrogens with zero attached hydrogens (tertiary/aromatic N) is 2. The van der Waals surface area contributed by atoms with Gasteiger partial charge in [-0.15, -0.1) is 0 Å². The van der Waals surface area contributed by atoms with Gasteiger partial charge in [-0.3, -0.25) is 4.79 Å². The van der Waals surface area contributed by atoms with Gasteiger partial charge in [0.2, 0.25) is 0 Å². The molecule has 98 valence electrons. The molecule has 0 radical (unpaired) electrons. The number of anilines is 1. The molecule has 0 bridgehead atoms. The lowest BCUT2D eigenvalue weighted by atomic mass is 10.2. The summed E-state index contributed by atoms with van der Waals surface area (Å²) in [5.74, 6) is -1.15. The van der Waals surface area contributed by atoms with E-state index in [9.17, 15) is 9.59 Å². The van der Waals surface area contributed by atoms with Gasteiger partial charge in [0.25, 0.3) is 5.91 Å². The first-order valence-corrected chi connectivity index (χ1v) is 5.24. The van der Waals surface area contributed by atoms with Crippen LogP contribution in [0, 0.1) is 0 Å². The summed E-state index contributed by atoms with van der Waals surface area (Å²) in [7, 11) is 3.65. The Morgan fingerprint density at radius 1 is 1.44 bits per heavy atom. The summed E-state index contributed by atoms with van der Waals surface area (Å²) in [5, 5.41) is 19.8. The molecule has 1 heterocycles. The first-order chi connectivity index (χ1) is 8.41. The van der Waals surface area contributed by atoms with Crippen molar-refractivity contribution in [1.82, 2.24) is 10.3 Å². The van der Waals surface area contributed by atoms with Crippen LogP contribution in [0.2, 0.25) is 0 Å². The molecular formula is C11H15N3O4. The lowest BCUT2D eigenvalue weighted by molar-refractivity contribution is -0.146. The molecule has 0 aliphatic heterocycles. The Balaban J connectivity index is 2.59. The molecular weight excluding hydrogens is 238 g/mol. The fourth-order valence-corrected chi connectivity index (χ4v) is 1.16. The number of amides is 1. The van der Waals surface area contributed by atoms with Crippen LogP contribution in [0.3, 0.4) is 0 Å². The zero-order valence-electron chi connectivity index (χ0n) is 10.1. The summed E-state index contributed by atoms with van der Waals surface area (Å²) in [6.07, 6.45) is -0.222. The lowest BCUT2D eigenvalue weighted by Gasteiger charge is -2.11. The molecule has 3 N–H and O–H groups in total. The van der Waals surface area contributed by atoms with E-state index in [-0.39, 0.29) is 6.54 Å². The number of carboxylic acids is 1. The minimum absolute atomic E-state index is 0.304. The smallest absolute Gasteiger partial charge is 0.334 e. The monoisotopic (exact) mass is 253 g/mol. The lowest BCUT2D eigenvalue weighted by Crippen LogP contribution is -2.36. The number of aliphatic hydroxyl groups is 1. The molecule has 1 unspecified atom stereocenters. The van der Waals surface area contributed by atoms with E-state index >= 15 is 0 Å². The maximum Gasteiger partial charge on any atom is 0.334 e. The maximum absolute atomic E-state index is 11.6. The van der Waals surface area contributed by atoms with Crippen molar-refractivity contribution in [2.24, 2.45) is 0 Å². The fourth-order valence-electron chi connectivity index (χ4n) is 1.16. The average molecular weight is 253 g/mol. The van der Waals surface area contributed by atoms with Gasteiger partial charge in [-0.1, -0.05) is 0 Å². The number of hydrogen-bond acceptors (Lipinski definition) is 5. The van der Waals surface area contributed by atoms with E-state index < -0.39 is 18.0 Å². The number of carbonyl (C=O) groups is 2. The number of carboxylic acid groups (broad SMARTS) is 1. The van der Waals surface area contributed by atoms with Crippen molar-refractivity contribution in [2.45, 2.75) is 6.10 Å². The van der Waals surface area contributed by atoms with Crippen LogP contribution in [0.15, 0.2) is 18.3 Å². The molecule has 0 aliphatic carbocycles. The van der Waals surface area contributed by atoms with E-state index in [1.165, 1.54) is 6.20 Å². The second-order valence-electron chi connectivity index (χ2n) is 3.86. The number of rotatable bonds is 5. The van der Waals surface area contributed by atoms with E-state index in [1.54, 1.807) is 17.0 Å². The van der Waals surface area contributed by atoms with Gasteiger partial charge in [-0.05, 0) is 12.1 Å². The van der Waals surface area contributed by atoms with Crippen molar-refractivity contribution in [3.63, 3.8) is 0 Å². The topological polar surface area (TPSA) is 103 Å². The van der Waals surface area contributed by atoms with Crippen LogP contribution in [-0.2, 0) is 4.79 Å². The molecule has 0 saturated carbocycles. The Morgan fingerprint density at radius 3 is 2.56 bits per heavy atom. The van der Waals surface area contributed by atoms with Gasteiger partial charge in [0, 0.05) is 20.3 Å². The quantitative estimate of drug-likeness (QED) is 0.642. The van der Waals surface area contributed by atoms with Gasteiger partial charge in [-0.25, -0.2) is 9.78 Å². The van der Waals surface area contributed by atoms with Crippen molar-refractivity contribution in [1.29, 1.82) is 0 Å². The molecule has 1 rings (SSSR count). The highest BCUT2D eigenvalue weighted by molar-refractivity contribution is 5.94. The number of aliphatic carboxylic acids is 1. The zero-order chi connectivity index (χ0) is 13.7. The Morgan fingerprint density at radius 2 is 2.11 bits per heavy atom. The Labute approximate surface area is 104 Å². The second-order valence-corrected chi connectivity index (χ2v) is 3.86. The molecule has 0 spiro atoms. The summed E-state index contributed by atoms with van der Waals surface area (Å²) < 4.78 is 0. The van der Waals surface area contributed by atoms with Crippen molar-refractivity contribution in [3.8, 4) is 0 Å². The van der Waals surface area contributed by atoms with Crippen LogP contribution in [0.1, 0.15) is 10.4 Å². The third-order valence-corrected chi connectivity index (χ3v) is 2.21. The molecule has 18 heavy (non-hydrogen) atoms. The number of carbonyl (C=O) groups excluding carboxylic acids is 1. The number of aliphatic hydroxyl groups excluding tert-OH is 1. The van der Waals surface area contributed by atoms with Crippen LogP contribution < -0.4 is 10.2 Å². The molecule has 1 aromatic rings. The minimum Gasteiger partial charge on any atom is -0.479 e. The molecule has 1 amide bonds. The van der Waals surface area contributed by atoms with E-state index in [4.69, 9.17) is 10.2 Å². The van der Waals surface area contributed by atoms with Crippen molar-refractivity contribution in [3.05, 3.63) is 23.9 Å². The highest BCUT2D eigenvalue weighted by Gasteiger charge is 2.15. The summed E-state index contributed by atoms with van der Waals surface area (Å²) in [5.41, 5.74) is 0.304. The van der Waals surface area contributed by atoms with Gasteiger partial charge < -0.3 is 20.4 Å². The van der Waals surface area contributed by atoms with Crippen LogP contribution in [0.4, 0.5) is 5.82 Å². The van der Waals surface area contributed by atoms with E-state index in [0.29, 0.717) is 11.4 Å². The largest absolute Gasteiger partial charge is 0.479 e. The molecule has 0 aliphatic rings. The van der Waals surface area contributed by atoms with Gasteiger partial charge in [-0.2, -0.15) is 0 Å². The van der Waals surface area contributed by atoms with Crippen LogP contribution in [0.25, 0.3) is 0 Å². The third kappa shape index (κ3) is 3.70. The average Bonchev–Trinajstić information content (AvgIpc) is 2.35. The Bertz CT molecular complexity index is 430. The van der Waals surface area contributed by atoms with Crippen molar-refractivity contribution >= 4 is 17.7 Å². The summed E-state index contributed by atoms with van der Waals surface area (Å²) in [6.45, 7) is -0.344. The van der Waals surface area contributed by atoms with E-state index in [0.717, 1.165) is 0 Å². The predicted octanol–water partition coefficient (Wildman–Crippen LogP) is -0.677. The third-order valence-electron chi connectivity index (χ3n) is 2.21. The number of pyridine rings is 1. The van der Waals surface area contributed by atoms with Gasteiger partial charge in [0.1, 0.15) is 5.82 Å². The van der Waals surface area contributed by atoms with E-state index in [2.05, 4.69) is 10.3 Å². The van der Waals surface area contributed by atoms with Gasteiger partial charge in [0.15, 0.2) is 6.10 Å². The van der Waals surface area contributed by atoms with Gasteiger partial charge >= 0.3 is 5.97 Å². The standard InChI is InChI=1S/C11H15N3O4/c1-14(2)9-4-3-7(5-12-9)10(16)13-6-8(15)11(17)18/h3-5,8,15H,6H2,1-2H3,(H,13,16)(H,17,18). The fraction of sp³-hybridized carbons (Fsp3) is 0.364.